The van der Waals surface area contributed by atoms with Crippen molar-refractivity contribution in [2.45, 2.75) is 0 Å². The summed E-state index contributed by atoms with van der Waals surface area (Å²) < 4.78 is 5.20. The Balaban J connectivity index is 1.65. The standard InChI is InChI=1S/C21H16O2/c22-21(23-20-9-5-2-6-10-20)16-13-17-11-14-19(15-12-17)18-7-3-1-4-8-18/h1-16H/b16-13+. The van der Waals surface area contributed by atoms with E-state index in [9.17, 15) is 4.79 Å². The van der Waals surface area contributed by atoms with Crippen LogP contribution in [0.1, 0.15) is 5.56 Å². The summed E-state index contributed by atoms with van der Waals surface area (Å²) in [7, 11) is 0. The molecule has 0 atom stereocenters. The van der Waals surface area contributed by atoms with Gasteiger partial charge in [0.05, 0.1) is 0 Å². The molecule has 0 aliphatic rings. The molecule has 0 radical (unpaired) electrons. The highest BCUT2D eigenvalue weighted by Crippen LogP contribution is 2.19. The molecule has 0 heterocycles. The lowest BCUT2D eigenvalue weighted by molar-refractivity contribution is -0.128. The second kappa shape index (κ2) is 7.23. The van der Waals surface area contributed by atoms with Gasteiger partial charge in [0.2, 0.25) is 0 Å². The molecular formula is C21H16O2. The number of carbonyl (C=O) groups excluding carboxylic acids is 1. The summed E-state index contributed by atoms with van der Waals surface area (Å²) in [6.07, 6.45) is 3.19. The van der Waals surface area contributed by atoms with Crippen LogP contribution in [-0.2, 0) is 4.79 Å². The maximum absolute atomic E-state index is 11.8. The fourth-order valence-electron chi connectivity index (χ4n) is 2.22. The van der Waals surface area contributed by atoms with Crippen molar-refractivity contribution in [3.63, 3.8) is 0 Å². The maximum Gasteiger partial charge on any atom is 0.336 e. The van der Waals surface area contributed by atoms with Crippen molar-refractivity contribution in [1.29, 1.82) is 0 Å². The largest absolute Gasteiger partial charge is 0.423 e. The highest BCUT2D eigenvalue weighted by molar-refractivity contribution is 5.88. The Kier molecular flexibility index (Phi) is 4.65. The molecule has 0 bridgehead atoms. The summed E-state index contributed by atoms with van der Waals surface area (Å²) in [5, 5.41) is 0. The summed E-state index contributed by atoms with van der Waals surface area (Å²) in [6.45, 7) is 0. The molecule has 0 unspecified atom stereocenters. The molecule has 0 aliphatic carbocycles. The number of esters is 1. The molecule has 2 nitrogen and oxygen atoms in total. The SMILES string of the molecule is O=C(/C=C/c1ccc(-c2ccccc2)cc1)Oc1ccccc1. The summed E-state index contributed by atoms with van der Waals surface area (Å²) in [5.74, 6) is 0.157. The third-order valence-electron chi connectivity index (χ3n) is 3.39. The number of benzene rings is 3. The number of hydrogen-bond donors (Lipinski definition) is 0. The van der Waals surface area contributed by atoms with Crippen molar-refractivity contribution < 1.29 is 9.53 Å². The molecule has 2 heteroatoms. The Morgan fingerprint density at radius 2 is 1.26 bits per heavy atom. The molecule has 0 aromatic heterocycles. The first-order valence-corrected chi connectivity index (χ1v) is 7.42. The molecule has 0 amide bonds. The third kappa shape index (κ3) is 4.17. The molecule has 0 saturated heterocycles. The van der Waals surface area contributed by atoms with Crippen molar-refractivity contribution in [3.8, 4) is 16.9 Å². The zero-order valence-electron chi connectivity index (χ0n) is 12.6. The lowest BCUT2D eigenvalue weighted by atomic mass is 10.0. The van der Waals surface area contributed by atoms with Gasteiger partial charge in [0.25, 0.3) is 0 Å². The van der Waals surface area contributed by atoms with Crippen molar-refractivity contribution in [2.75, 3.05) is 0 Å². The van der Waals surface area contributed by atoms with Gasteiger partial charge in [-0.15, -0.1) is 0 Å². The minimum absolute atomic E-state index is 0.386. The van der Waals surface area contributed by atoms with Crippen LogP contribution >= 0.6 is 0 Å². The summed E-state index contributed by atoms with van der Waals surface area (Å²) in [5.41, 5.74) is 3.27. The molecule has 0 aliphatic heterocycles. The summed E-state index contributed by atoms with van der Waals surface area (Å²) >= 11 is 0. The second-order valence-electron chi connectivity index (χ2n) is 5.06. The monoisotopic (exact) mass is 300 g/mol. The van der Waals surface area contributed by atoms with Crippen LogP contribution in [0.25, 0.3) is 17.2 Å². The first-order chi connectivity index (χ1) is 11.3. The number of carbonyl (C=O) groups is 1. The Labute approximate surface area is 135 Å². The number of para-hydroxylation sites is 1. The Morgan fingerprint density at radius 1 is 0.696 bits per heavy atom. The van der Waals surface area contributed by atoms with Gasteiger partial charge in [0.15, 0.2) is 0 Å². The average Bonchev–Trinajstić information content (AvgIpc) is 2.62. The van der Waals surface area contributed by atoms with Crippen LogP contribution in [0.5, 0.6) is 5.75 Å². The van der Waals surface area contributed by atoms with Crippen LogP contribution in [0.4, 0.5) is 0 Å². The molecular weight excluding hydrogens is 284 g/mol. The lowest BCUT2D eigenvalue weighted by Gasteiger charge is -2.02. The molecule has 3 aromatic carbocycles. The van der Waals surface area contributed by atoms with Crippen molar-refractivity contribution >= 4 is 12.0 Å². The second-order valence-corrected chi connectivity index (χ2v) is 5.06. The minimum Gasteiger partial charge on any atom is -0.423 e. The molecule has 3 rings (SSSR count). The zero-order chi connectivity index (χ0) is 15.9. The topological polar surface area (TPSA) is 26.3 Å². The molecule has 23 heavy (non-hydrogen) atoms. The lowest BCUT2D eigenvalue weighted by Crippen LogP contribution is -2.03. The van der Waals surface area contributed by atoms with Gasteiger partial charge < -0.3 is 4.74 Å². The van der Waals surface area contributed by atoms with Crippen LogP contribution in [0.2, 0.25) is 0 Å². The van der Waals surface area contributed by atoms with Gasteiger partial charge in [-0.2, -0.15) is 0 Å². The van der Waals surface area contributed by atoms with E-state index in [-0.39, 0.29) is 5.97 Å². The smallest absolute Gasteiger partial charge is 0.336 e. The number of ether oxygens (including phenoxy) is 1. The molecule has 0 saturated carbocycles. The van der Waals surface area contributed by atoms with E-state index in [2.05, 4.69) is 12.1 Å². The quantitative estimate of drug-likeness (QED) is 0.386. The van der Waals surface area contributed by atoms with E-state index in [1.54, 1.807) is 18.2 Å². The molecule has 0 N–H and O–H groups in total. The van der Waals surface area contributed by atoms with Gasteiger partial charge in [-0.3, -0.25) is 0 Å². The van der Waals surface area contributed by atoms with E-state index >= 15 is 0 Å². The summed E-state index contributed by atoms with van der Waals surface area (Å²) in [4.78, 5) is 11.8. The zero-order valence-corrected chi connectivity index (χ0v) is 12.6. The van der Waals surface area contributed by atoms with Crippen molar-refractivity contribution in [3.05, 3.63) is 96.6 Å². The number of rotatable bonds is 4. The highest BCUT2D eigenvalue weighted by Gasteiger charge is 2.00. The van der Waals surface area contributed by atoms with Gasteiger partial charge in [-0.1, -0.05) is 72.8 Å². The van der Waals surface area contributed by atoms with Gasteiger partial charge in [-0.05, 0) is 34.9 Å². The third-order valence-corrected chi connectivity index (χ3v) is 3.39. The first-order valence-electron chi connectivity index (χ1n) is 7.42. The van der Waals surface area contributed by atoms with Gasteiger partial charge in [0, 0.05) is 6.08 Å². The van der Waals surface area contributed by atoms with Gasteiger partial charge in [-0.25, -0.2) is 4.79 Å². The first kappa shape index (κ1) is 14.8. The number of hydrogen-bond acceptors (Lipinski definition) is 2. The maximum atomic E-state index is 11.8. The molecule has 0 spiro atoms. The molecule has 112 valence electrons. The summed E-state index contributed by atoms with van der Waals surface area (Å²) in [6, 6.07) is 27.2. The fraction of sp³-hybridized carbons (Fsp3) is 0. The van der Waals surface area contributed by atoms with E-state index in [0.29, 0.717) is 5.75 Å². The van der Waals surface area contributed by atoms with E-state index in [4.69, 9.17) is 4.74 Å². The van der Waals surface area contributed by atoms with Gasteiger partial charge in [0.1, 0.15) is 5.75 Å². The van der Waals surface area contributed by atoms with E-state index < -0.39 is 0 Å². The van der Waals surface area contributed by atoms with Crippen LogP contribution in [0, 0.1) is 0 Å². The van der Waals surface area contributed by atoms with Crippen LogP contribution < -0.4 is 4.74 Å². The Bertz CT molecular complexity index is 788. The average molecular weight is 300 g/mol. The molecule has 0 fully saturated rings. The fourth-order valence-corrected chi connectivity index (χ4v) is 2.22. The van der Waals surface area contributed by atoms with E-state index in [1.165, 1.54) is 11.6 Å². The predicted octanol–water partition coefficient (Wildman–Crippen LogP) is 4.97. The van der Waals surface area contributed by atoms with Crippen LogP contribution in [0.15, 0.2) is 91.0 Å². The van der Waals surface area contributed by atoms with Crippen molar-refractivity contribution in [1.82, 2.24) is 0 Å². The Hall–Kier alpha value is -3.13. The van der Waals surface area contributed by atoms with E-state index in [1.807, 2.05) is 60.7 Å². The van der Waals surface area contributed by atoms with Crippen LogP contribution in [-0.4, -0.2) is 5.97 Å². The highest BCUT2D eigenvalue weighted by atomic mass is 16.5. The normalized spacial score (nSPS) is 10.6. The van der Waals surface area contributed by atoms with Gasteiger partial charge >= 0.3 is 5.97 Å². The van der Waals surface area contributed by atoms with E-state index in [0.717, 1.165) is 11.1 Å². The predicted molar refractivity (Wildman–Crippen MR) is 93.0 cm³/mol. The van der Waals surface area contributed by atoms with Crippen molar-refractivity contribution in [2.24, 2.45) is 0 Å². The minimum atomic E-state index is -0.386. The van der Waals surface area contributed by atoms with Crippen LogP contribution in [0.3, 0.4) is 0 Å². The Morgan fingerprint density at radius 3 is 1.91 bits per heavy atom. The molecule has 3 aromatic rings.